The lowest BCUT2D eigenvalue weighted by atomic mass is 9.99. The first kappa shape index (κ1) is 106. The molecule has 6 aromatic rings. The molecule has 2 aliphatic rings. The molecule has 0 saturated carbocycles. The third-order valence-electron chi connectivity index (χ3n) is 23.1. The van der Waals surface area contributed by atoms with Gasteiger partial charge in [0.1, 0.15) is 78.5 Å². The molecule has 0 aliphatic carbocycles. The highest BCUT2D eigenvalue weighted by Gasteiger charge is 2.48. The fraction of sp³-hybridized carbons (Fsp3) is 0.462. The zero-order chi connectivity index (χ0) is 98.5. The van der Waals surface area contributed by atoms with E-state index in [1.54, 1.807) is 112 Å². The number of thioether (sulfide) groups is 1. The summed E-state index contributed by atoms with van der Waals surface area (Å²) in [7, 11) is 3.76. The molecule has 15 atom stereocenters. The van der Waals surface area contributed by atoms with Crippen molar-refractivity contribution in [1.29, 1.82) is 0 Å². The largest absolute Gasteiger partial charge is 0.508 e. The number of rotatable bonds is 50. The third-order valence-corrected chi connectivity index (χ3v) is 24.1. The number of carbonyl (C=O) groups is 17. The summed E-state index contributed by atoms with van der Waals surface area (Å²) in [5, 5.41) is 72.4. The second-order valence-corrected chi connectivity index (χ2v) is 34.5. The SMILES string of the molecule is CCCC[C@@H](C(=O)N1C[C@H](O)C[C@@H]1C(=O)N[C@H](C=O)CC(=O)O)N(C)C(=O)C(Cc1ccccc1)N(C)C(=O)[C@H](Cc1cc(F)c(F)c(F)c1)NC(=O)CSC[C@H](NC(=O)[C@H](CCN)NC(=O)[C@H](Cc1ccc(O)cc1)NC(=O)[C@H](Cc1c[nH]c2ccccc12)NC(=O)[C@H]1C[C@@H](O)CN1C(=O)[C@H](CCC(=O)O)NC(=O)[C@H](Cc1ccccc1)N(C)C(=O)[C@@H](N)C(C)C)C(=O)NCC(N)=O. The lowest BCUT2D eigenvalue weighted by Crippen LogP contribution is -2.61. The smallest absolute Gasteiger partial charge is 0.305 e. The summed E-state index contributed by atoms with van der Waals surface area (Å²) in [6.07, 6.45) is -5.51. The van der Waals surface area contributed by atoms with Crippen LogP contribution in [0.4, 0.5) is 13.2 Å². The van der Waals surface area contributed by atoms with Gasteiger partial charge < -0.3 is 120 Å². The number of aliphatic hydroxyl groups excluding tert-OH is 2. The number of aromatic amines is 1. The van der Waals surface area contributed by atoms with E-state index in [0.29, 0.717) is 63.5 Å². The quantitative estimate of drug-likeness (QED) is 0.0161. The molecule has 5 aromatic carbocycles. The number of nitrogens with two attached hydrogens (primary N) is 3. The Morgan fingerprint density at radius 2 is 1.07 bits per heavy atom. The summed E-state index contributed by atoms with van der Waals surface area (Å²) < 4.78 is 44.8. The number of carboxylic acids is 2. The van der Waals surface area contributed by atoms with E-state index in [1.807, 2.05) is 0 Å². The highest BCUT2D eigenvalue weighted by molar-refractivity contribution is 8.00. The van der Waals surface area contributed by atoms with Crippen LogP contribution in [-0.4, -0.2) is 306 Å². The molecule has 134 heavy (non-hydrogen) atoms. The number of aliphatic hydroxyl groups is 2. The molecule has 8 rings (SSSR count). The van der Waals surface area contributed by atoms with Crippen molar-refractivity contribution in [3.05, 3.63) is 173 Å². The number of H-pyrrole nitrogens is 1. The van der Waals surface area contributed by atoms with Crippen LogP contribution in [-0.2, 0) is 114 Å². The number of fused-ring (bicyclic) bond motifs is 1. The van der Waals surface area contributed by atoms with Gasteiger partial charge in [-0.25, -0.2) is 13.2 Å². The Labute approximate surface area is 774 Å². The van der Waals surface area contributed by atoms with Crippen LogP contribution in [0, 0.1) is 23.4 Å². The molecule has 14 amide bonds. The number of hydrogen-bond donors (Lipinski definition) is 17. The number of aromatic hydroxyl groups is 1. The second kappa shape index (κ2) is 50.5. The molecule has 39 nitrogen and oxygen atoms in total. The average molecular weight is 1890 g/mol. The molecular weight excluding hydrogens is 1770 g/mol. The Balaban J connectivity index is 1.04. The van der Waals surface area contributed by atoms with Crippen LogP contribution in [0.15, 0.2) is 128 Å². The van der Waals surface area contributed by atoms with Gasteiger partial charge in [-0.05, 0) is 89.9 Å². The van der Waals surface area contributed by atoms with Gasteiger partial charge in [-0.3, -0.25) is 76.7 Å². The van der Waals surface area contributed by atoms with Crippen LogP contribution in [0.2, 0.25) is 0 Å². The summed E-state index contributed by atoms with van der Waals surface area (Å²) in [6.45, 7) is 3.05. The van der Waals surface area contributed by atoms with Gasteiger partial charge in [-0.1, -0.05) is 125 Å². The molecule has 2 saturated heterocycles. The maximum Gasteiger partial charge on any atom is 0.305 e. The predicted molar refractivity (Wildman–Crippen MR) is 480 cm³/mol. The maximum absolute atomic E-state index is 15.4. The summed E-state index contributed by atoms with van der Waals surface area (Å²) in [5.74, 6) is -23.9. The fourth-order valence-corrected chi connectivity index (χ4v) is 16.5. The van der Waals surface area contributed by atoms with Gasteiger partial charge in [0, 0.05) is 108 Å². The summed E-state index contributed by atoms with van der Waals surface area (Å²) in [5.41, 5.74) is 19.7. The van der Waals surface area contributed by atoms with Crippen LogP contribution in [0.5, 0.6) is 5.75 Å². The number of β-amino-alcohol motifs (C(OH)–C–C–N with tert-alkyl or cyclic N) is 2. The van der Waals surface area contributed by atoms with E-state index in [4.69, 9.17) is 17.2 Å². The standard InChI is InChI=1S/C91H116F3N17O22S/c1-7-8-23-69(90(132)111-45-58(115)40-71(111)85(127)100-55(46-112)39-77(120)121)107(4)89(131)73(37-51-19-13-10-14-20-51)109(6)87(129)67(35-53-32-60(92)78(94)61(93)33-53)101-75(117)48-134-47-68(80(122)99-43-74(96)116)106-81(123)63(30-31-95)102-82(124)65(34-52-24-26-56(113)27-25-52)104-83(125)66(38-54-42-98-62-22-16-15-21-59(54)62)105-86(128)72-41-57(114)44-110(72)88(130)64(28-29-76(118)119)103-84(126)70(36-50-17-11-9-12-18-50)108(5)91(133)79(97)49(2)3/h9-22,24-27,32-33,42,46,49,55,57-58,63-73,79,98,113-115H,7-8,23,28-31,34-41,43-45,47-48,95,97H2,1-6H3,(H2,96,116)(H,99,122)(H,100,127)(H,101,117)(H,102,124)(H,103,126)(H,104,125)(H,105,128)(H,106,123)(H,118,119)(H,120,121)/t55-,57+,58+,63-,64-,65-,66-,67-,68-,69-,70-,71+,72+,73?,79-/m0/s1. The molecule has 1 aromatic heterocycles. The highest BCUT2D eigenvalue weighted by Crippen LogP contribution is 2.29. The first-order valence-corrected chi connectivity index (χ1v) is 44.7. The zero-order valence-corrected chi connectivity index (χ0v) is 75.6. The van der Waals surface area contributed by atoms with E-state index >= 15 is 37.5 Å². The molecule has 3 heterocycles. The normalized spacial score (nSPS) is 17.1. The number of phenols is 1. The zero-order valence-electron chi connectivity index (χ0n) is 74.8. The van der Waals surface area contributed by atoms with Crippen LogP contribution in [0.25, 0.3) is 10.9 Å². The number of nitrogens with one attached hydrogen (secondary N) is 9. The van der Waals surface area contributed by atoms with Crippen molar-refractivity contribution in [1.82, 2.24) is 72.0 Å². The number of unbranched alkanes of at least 4 members (excludes halogenated alkanes) is 1. The molecule has 0 bridgehead atoms. The second-order valence-electron chi connectivity index (χ2n) is 33.5. The molecule has 724 valence electrons. The van der Waals surface area contributed by atoms with Crippen molar-refractivity contribution in [3.8, 4) is 5.75 Å². The number of phenolic OH excluding ortho intramolecular Hbond substituents is 1. The van der Waals surface area contributed by atoms with Gasteiger partial charge in [0.25, 0.3) is 0 Å². The number of benzene rings is 5. The van der Waals surface area contributed by atoms with Crippen LogP contribution >= 0.6 is 11.8 Å². The minimum atomic E-state index is -1.90. The topological polar surface area (TPSA) is 598 Å². The first-order chi connectivity index (χ1) is 63.6. The van der Waals surface area contributed by atoms with Gasteiger partial charge in [0.2, 0.25) is 82.7 Å². The highest BCUT2D eigenvalue weighted by atomic mass is 32.2. The van der Waals surface area contributed by atoms with Gasteiger partial charge in [-0.15, -0.1) is 11.8 Å². The van der Waals surface area contributed by atoms with Crippen LogP contribution in [0.1, 0.15) is 106 Å². The number of carbonyl (C=O) groups excluding carboxylic acids is 15. The summed E-state index contributed by atoms with van der Waals surface area (Å²) >= 11 is 0.613. The molecule has 20 N–H and O–H groups in total. The van der Waals surface area contributed by atoms with Gasteiger partial charge >= 0.3 is 11.9 Å². The Morgan fingerprint density at radius 3 is 1.63 bits per heavy atom. The molecule has 2 aliphatic heterocycles. The van der Waals surface area contributed by atoms with E-state index in [2.05, 4.69) is 47.5 Å². The monoisotopic (exact) mass is 1890 g/mol. The number of primary amides is 1. The summed E-state index contributed by atoms with van der Waals surface area (Å²) in [6, 6.07) is 9.39. The van der Waals surface area contributed by atoms with Gasteiger partial charge in [-0.2, -0.15) is 0 Å². The molecule has 0 spiro atoms. The van der Waals surface area contributed by atoms with Gasteiger partial charge in [0.05, 0.1) is 43.0 Å². The van der Waals surface area contributed by atoms with E-state index in [0.717, 1.165) is 31.5 Å². The molecule has 43 heteroatoms. The number of para-hydroxylation sites is 1. The van der Waals surface area contributed by atoms with E-state index in [-0.39, 0.29) is 63.0 Å². The fourth-order valence-electron chi connectivity index (χ4n) is 15.7. The number of nitrogens with zero attached hydrogens (tertiary/aromatic N) is 5. The van der Waals surface area contributed by atoms with Crippen molar-refractivity contribution < 1.29 is 120 Å². The Kier molecular flexibility index (Phi) is 39.9. The third kappa shape index (κ3) is 30.1. The number of likely N-dealkylation sites (tertiary alicyclic amines) is 2. The summed E-state index contributed by atoms with van der Waals surface area (Å²) in [4.78, 5) is 247. The Morgan fingerprint density at radius 1 is 0.552 bits per heavy atom. The number of amides is 14. The van der Waals surface area contributed by atoms with Crippen molar-refractivity contribution >= 4 is 124 Å². The number of likely N-dealkylation sites (N-methyl/N-ethyl adjacent to an activating group) is 3. The van der Waals surface area contributed by atoms with E-state index < -0.39 is 284 Å². The lowest BCUT2D eigenvalue weighted by Gasteiger charge is -2.37. The van der Waals surface area contributed by atoms with Crippen molar-refractivity contribution in [2.24, 2.45) is 23.1 Å². The average Bonchev–Trinajstić information content (AvgIpc) is 1.68. The van der Waals surface area contributed by atoms with Crippen LogP contribution < -0.4 is 59.7 Å². The maximum atomic E-state index is 15.4. The minimum Gasteiger partial charge on any atom is -0.508 e. The van der Waals surface area contributed by atoms with Crippen molar-refractivity contribution in [2.45, 2.75) is 201 Å². The number of aromatic nitrogens is 1. The molecule has 2 fully saturated rings. The van der Waals surface area contributed by atoms with E-state index in [1.165, 1.54) is 38.4 Å². The number of aliphatic carboxylic acids is 2. The number of halogens is 3. The molecule has 0 radical (unpaired) electrons. The number of aldehydes is 1. The molecular formula is C91H116F3N17O22S. The lowest BCUT2D eigenvalue weighted by molar-refractivity contribution is -0.152. The van der Waals surface area contributed by atoms with E-state index in [9.17, 15) is 82.7 Å². The van der Waals surface area contributed by atoms with Gasteiger partial charge in [0.15, 0.2) is 17.5 Å². The number of hydrogen-bond acceptors (Lipinski definition) is 23. The predicted octanol–water partition coefficient (Wildman–Crippen LogP) is -1.00. The van der Waals surface area contributed by atoms with Crippen molar-refractivity contribution in [2.75, 3.05) is 58.8 Å². The van der Waals surface area contributed by atoms with Crippen molar-refractivity contribution in [3.63, 3.8) is 0 Å². The molecule has 1 unspecified atom stereocenters. The Hall–Kier alpha value is -13.4. The minimum absolute atomic E-state index is 0.0584. The first-order valence-electron chi connectivity index (χ1n) is 43.5. The number of carboxylic acid groups (broad SMARTS) is 2. The van der Waals surface area contributed by atoms with Crippen LogP contribution in [0.3, 0.4) is 0 Å². The Bertz CT molecular complexity index is 5160.